The molecule has 1 amide bonds. The van der Waals surface area contributed by atoms with Crippen LogP contribution < -0.4 is 0 Å². The average molecular weight is 340 g/mol. The normalized spacial score (nSPS) is 10.3. The summed E-state index contributed by atoms with van der Waals surface area (Å²) in [7, 11) is 1.73. The number of nitrogens with zero attached hydrogens (tertiary/aromatic N) is 2. The predicted octanol–water partition coefficient (Wildman–Crippen LogP) is 3.77. The van der Waals surface area contributed by atoms with Gasteiger partial charge in [0.15, 0.2) is 0 Å². The molecular weight excluding hydrogens is 328 g/mol. The van der Waals surface area contributed by atoms with E-state index in [0.717, 1.165) is 5.56 Å². The largest absolute Gasteiger partial charge is 0.336 e. The summed E-state index contributed by atoms with van der Waals surface area (Å²) < 4.78 is 0.686. The van der Waals surface area contributed by atoms with Crippen LogP contribution in [-0.2, 0) is 6.54 Å². The van der Waals surface area contributed by atoms with Crippen LogP contribution in [0.3, 0.4) is 0 Å². The second kappa shape index (κ2) is 6.17. The van der Waals surface area contributed by atoms with Crippen molar-refractivity contribution in [3.8, 4) is 0 Å². The number of carbonyl (C=O) groups is 1. The van der Waals surface area contributed by atoms with Gasteiger partial charge >= 0.3 is 0 Å². The van der Waals surface area contributed by atoms with E-state index in [0.29, 0.717) is 21.7 Å². The molecule has 0 unspecified atom stereocenters. The fraction of sp³-hybridized carbons (Fsp3) is 0.143. The van der Waals surface area contributed by atoms with Crippen LogP contribution in [0, 0.1) is 0 Å². The highest BCUT2D eigenvalue weighted by Gasteiger charge is 2.16. The monoisotopic (exact) mass is 338 g/mol. The van der Waals surface area contributed by atoms with Crippen molar-refractivity contribution in [2.75, 3.05) is 7.05 Å². The summed E-state index contributed by atoms with van der Waals surface area (Å²) in [5.41, 5.74) is 1.31. The van der Waals surface area contributed by atoms with Crippen molar-refractivity contribution in [3.05, 3.63) is 63.3 Å². The average Bonchev–Trinajstić information content (AvgIpc) is 2.41. The number of benzene rings is 1. The molecule has 0 radical (unpaired) electrons. The van der Waals surface area contributed by atoms with Gasteiger partial charge in [-0.25, -0.2) is 4.98 Å². The van der Waals surface area contributed by atoms with Crippen LogP contribution in [0.15, 0.2) is 47.1 Å². The van der Waals surface area contributed by atoms with Crippen molar-refractivity contribution in [3.63, 3.8) is 0 Å². The third-order valence-corrected chi connectivity index (χ3v) is 3.68. The van der Waals surface area contributed by atoms with E-state index in [1.165, 1.54) is 0 Å². The first-order valence-electron chi connectivity index (χ1n) is 5.69. The van der Waals surface area contributed by atoms with Gasteiger partial charge in [-0.2, -0.15) is 0 Å². The summed E-state index contributed by atoms with van der Waals surface area (Å²) in [6.45, 7) is 0.446. The van der Waals surface area contributed by atoms with E-state index >= 15 is 0 Å². The second-order valence-electron chi connectivity index (χ2n) is 4.09. The molecule has 0 bridgehead atoms. The Balaban J connectivity index is 2.17. The number of halogens is 2. The zero-order valence-electron chi connectivity index (χ0n) is 10.3. The highest BCUT2D eigenvalue weighted by molar-refractivity contribution is 9.10. The summed E-state index contributed by atoms with van der Waals surface area (Å²) in [6.07, 6.45) is 1.60. The minimum absolute atomic E-state index is 0.146. The van der Waals surface area contributed by atoms with Crippen molar-refractivity contribution in [1.29, 1.82) is 0 Å². The molecule has 2 rings (SSSR count). The highest BCUT2D eigenvalue weighted by atomic mass is 79.9. The molecule has 0 saturated carbocycles. The first-order valence-corrected chi connectivity index (χ1v) is 6.86. The SMILES string of the molecule is CN(Cc1ccccc1Cl)C(=O)c1ncccc1Br. The van der Waals surface area contributed by atoms with Crippen LogP contribution >= 0.6 is 27.5 Å². The van der Waals surface area contributed by atoms with E-state index in [1.54, 1.807) is 30.3 Å². The van der Waals surface area contributed by atoms with Crippen molar-refractivity contribution in [1.82, 2.24) is 9.88 Å². The molecule has 5 heteroatoms. The third-order valence-electron chi connectivity index (χ3n) is 2.67. The van der Waals surface area contributed by atoms with E-state index in [4.69, 9.17) is 11.6 Å². The molecular formula is C14H12BrClN2O. The highest BCUT2D eigenvalue weighted by Crippen LogP contribution is 2.19. The van der Waals surface area contributed by atoms with Crippen LogP contribution in [0.1, 0.15) is 16.1 Å². The standard InChI is InChI=1S/C14H12BrClN2O/c1-18(9-10-5-2-3-7-12(10)16)14(19)13-11(15)6-4-8-17-13/h2-8H,9H2,1H3. The van der Waals surface area contributed by atoms with Crippen molar-refractivity contribution in [2.45, 2.75) is 6.54 Å². The van der Waals surface area contributed by atoms with E-state index in [-0.39, 0.29) is 5.91 Å². The lowest BCUT2D eigenvalue weighted by molar-refractivity contribution is 0.0778. The van der Waals surface area contributed by atoms with Crippen molar-refractivity contribution in [2.24, 2.45) is 0 Å². The van der Waals surface area contributed by atoms with Crippen molar-refractivity contribution < 1.29 is 4.79 Å². The summed E-state index contributed by atoms with van der Waals surface area (Å²) in [5, 5.41) is 0.655. The van der Waals surface area contributed by atoms with Crippen molar-refractivity contribution >= 4 is 33.4 Å². The zero-order valence-corrected chi connectivity index (χ0v) is 12.6. The molecule has 1 heterocycles. The number of pyridine rings is 1. The number of rotatable bonds is 3. The number of carbonyl (C=O) groups excluding carboxylic acids is 1. The van der Waals surface area contributed by atoms with Gasteiger partial charge in [-0.05, 0) is 39.7 Å². The topological polar surface area (TPSA) is 33.2 Å². The molecule has 0 spiro atoms. The van der Waals surface area contributed by atoms with Crippen LogP contribution in [0.5, 0.6) is 0 Å². The van der Waals surface area contributed by atoms with Gasteiger partial charge in [0.25, 0.3) is 5.91 Å². The van der Waals surface area contributed by atoms with E-state index in [2.05, 4.69) is 20.9 Å². The Bertz CT molecular complexity index is 604. The van der Waals surface area contributed by atoms with Gasteiger partial charge in [0.1, 0.15) is 5.69 Å². The third kappa shape index (κ3) is 3.33. The Morgan fingerprint density at radius 3 is 2.74 bits per heavy atom. The van der Waals surface area contributed by atoms with Gasteiger partial charge in [-0.15, -0.1) is 0 Å². The quantitative estimate of drug-likeness (QED) is 0.853. The maximum absolute atomic E-state index is 12.3. The lowest BCUT2D eigenvalue weighted by atomic mass is 10.2. The zero-order chi connectivity index (χ0) is 13.8. The minimum atomic E-state index is -0.146. The smallest absolute Gasteiger partial charge is 0.273 e. The number of hydrogen-bond acceptors (Lipinski definition) is 2. The number of aromatic nitrogens is 1. The molecule has 1 aromatic carbocycles. The molecule has 2 aromatic rings. The van der Waals surface area contributed by atoms with Crippen LogP contribution in [0.2, 0.25) is 5.02 Å². The molecule has 0 aliphatic carbocycles. The first-order chi connectivity index (χ1) is 9.09. The van der Waals surface area contributed by atoms with Gasteiger partial charge in [0.2, 0.25) is 0 Å². The Hall–Kier alpha value is -1.39. The lowest BCUT2D eigenvalue weighted by Crippen LogP contribution is -2.27. The second-order valence-corrected chi connectivity index (χ2v) is 5.35. The number of hydrogen-bond donors (Lipinski definition) is 0. The molecule has 3 nitrogen and oxygen atoms in total. The lowest BCUT2D eigenvalue weighted by Gasteiger charge is -2.18. The maximum atomic E-state index is 12.3. The fourth-order valence-electron chi connectivity index (χ4n) is 1.68. The molecule has 0 saturated heterocycles. The van der Waals surface area contributed by atoms with E-state index in [9.17, 15) is 4.79 Å². The summed E-state index contributed by atoms with van der Waals surface area (Å²) in [5.74, 6) is -0.146. The van der Waals surface area contributed by atoms with Crippen LogP contribution in [0.25, 0.3) is 0 Å². The van der Waals surface area contributed by atoms with Gasteiger partial charge in [0.05, 0.1) is 0 Å². The molecule has 0 N–H and O–H groups in total. The van der Waals surface area contributed by atoms with Gasteiger partial charge in [-0.1, -0.05) is 29.8 Å². The van der Waals surface area contributed by atoms with Crippen LogP contribution in [-0.4, -0.2) is 22.8 Å². The van der Waals surface area contributed by atoms with Gasteiger partial charge in [-0.3, -0.25) is 4.79 Å². The Labute approximate surface area is 125 Å². The van der Waals surface area contributed by atoms with Crippen LogP contribution in [0.4, 0.5) is 0 Å². The minimum Gasteiger partial charge on any atom is -0.336 e. The summed E-state index contributed by atoms with van der Waals surface area (Å²) in [6, 6.07) is 11.0. The molecule has 1 aromatic heterocycles. The molecule has 19 heavy (non-hydrogen) atoms. The number of amides is 1. The van der Waals surface area contributed by atoms with Gasteiger partial charge in [0, 0.05) is 29.3 Å². The molecule has 0 aliphatic heterocycles. The predicted molar refractivity (Wildman–Crippen MR) is 79.2 cm³/mol. The molecule has 0 atom stereocenters. The Morgan fingerprint density at radius 1 is 1.32 bits per heavy atom. The Kier molecular flexibility index (Phi) is 4.56. The van der Waals surface area contributed by atoms with E-state index < -0.39 is 0 Å². The summed E-state index contributed by atoms with van der Waals surface area (Å²) >= 11 is 9.42. The summed E-state index contributed by atoms with van der Waals surface area (Å²) in [4.78, 5) is 18.0. The molecule has 0 aliphatic rings. The maximum Gasteiger partial charge on any atom is 0.273 e. The molecule has 0 fully saturated rings. The first kappa shape index (κ1) is 14.0. The van der Waals surface area contributed by atoms with Gasteiger partial charge < -0.3 is 4.90 Å². The fourth-order valence-corrected chi connectivity index (χ4v) is 2.30. The molecule has 98 valence electrons. The Morgan fingerprint density at radius 2 is 2.05 bits per heavy atom. The van der Waals surface area contributed by atoms with E-state index in [1.807, 2.05) is 24.3 Å².